The van der Waals surface area contributed by atoms with Crippen LogP contribution in [0.5, 0.6) is 0 Å². The Labute approximate surface area is 115 Å². The molecule has 3 N–H and O–H groups in total. The zero-order valence-corrected chi connectivity index (χ0v) is 12.2. The first-order valence-electron chi connectivity index (χ1n) is 6.96. The second-order valence-electron chi connectivity index (χ2n) is 6.66. The maximum atomic E-state index is 12.4. The minimum atomic E-state index is -0.552. The second-order valence-corrected chi connectivity index (χ2v) is 7.10. The van der Waals surface area contributed by atoms with E-state index >= 15 is 0 Å². The van der Waals surface area contributed by atoms with E-state index in [9.17, 15) is 4.79 Å². The standard InChI is InChI=1S/C14H24N2OS/c1-10-7-14(8-10,11(15)18)12(17)16-9-13(2)5-3-4-6-13/h10H,3-9H2,1-2H3,(H2,15,18)(H,16,17). The van der Waals surface area contributed by atoms with Crippen LogP contribution in [0.25, 0.3) is 0 Å². The Morgan fingerprint density at radius 3 is 2.39 bits per heavy atom. The predicted octanol–water partition coefficient (Wildman–Crippen LogP) is 2.39. The predicted molar refractivity (Wildman–Crippen MR) is 77.2 cm³/mol. The number of hydrogen-bond acceptors (Lipinski definition) is 2. The van der Waals surface area contributed by atoms with Crippen LogP contribution in [0.4, 0.5) is 0 Å². The van der Waals surface area contributed by atoms with Crippen LogP contribution in [-0.4, -0.2) is 17.4 Å². The molecule has 0 spiro atoms. The van der Waals surface area contributed by atoms with Crippen LogP contribution in [0.3, 0.4) is 0 Å². The fourth-order valence-corrected chi connectivity index (χ4v) is 3.76. The van der Waals surface area contributed by atoms with Crippen LogP contribution in [0.2, 0.25) is 0 Å². The molecule has 2 rings (SSSR count). The average molecular weight is 268 g/mol. The summed E-state index contributed by atoms with van der Waals surface area (Å²) in [6.07, 6.45) is 6.61. The van der Waals surface area contributed by atoms with Crippen molar-refractivity contribution in [2.24, 2.45) is 22.5 Å². The Bertz CT molecular complexity index is 355. The van der Waals surface area contributed by atoms with Crippen molar-refractivity contribution >= 4 is 23.1 Å². The van der Waals surface area contributed by atoms with Crippen molar-refractivity contribution in [2.45, 2.75) is 52.4 Å². The molecule has 2 aliphatic carbocycles. The zero-order valence-electron chi connectivity index (χ0n) is 11.4. The minimum Gasteiger partial charge on any atom is -0.392 e. The first-order chi connectivity index (χ1) is 8.38. The number of carbonyl (C=O) groups excluding carboxylic acids is 1. The summed E-state index contributed by atoms with van der Waals surface area (Å²) in [5.41, 5.74) is 5.51. The number of nitrogens with two attached hydrogens (primary N) is 1. The number of carbonyl (C=O) groups is 1. The van der Waals surface area contributed by atoms with Gasteiger partial charge in [-0.15, -0.1) is 0 Å². The van der Waals surface area contributed by atoms with Crippen LogP contribution in [0.1, 0.15) is 52.4 Å². The molecular weight excluding hydrogens is 244 g/mol. The Hall–Kier alpha value is -0.640. The van der Waals surface area contributed by atoms with Crippen molar-refractivity contribution in [3.05, 3.63) is 0 Å². The summed E-state index contributed by atoms with van der Waals surface area (Å²) in [6.45, 7) is 5.17. The van der Waals surface area contributed by atoms with Crippen molar-refractivity contribution in [2.75, 3.05) is 6.54 Å². The monoisotopic (exact) mass is 268 g/mol. The molecule has 0 unspecified atom stereocenters. The smallest absolute Gasteiger partial charge is 0.233 e. The Kier molecular flexibility index (Phi) is 3.67. The van der Waals surface area contributed by atoms with Crippen LogP contribution in [0.15, 0.2) is 0 Å². The molecule has 2 fully saturated rings. The Balaban J connectivity index is 1.93. The van der Waals surface area contributed by atoms with E-state index in [1.165, 1.54) is 25.7 Å². The number of nitrogens with one attached hydrogen (secondary N) is 1. The quantitative estimate of drug-likeness (QED) is 0.770. The minimum absolute atomic E-state index is 0.0567. The molecule has 3 nitrogen and oxygen atoms in total. The van der Waals surface area contributed by atoms with Gasteiger partial charge in [0.05, 0.1) is 10.4 Å². The number of rotatable bonds is 4. The molecule has 0 aliphatic heterocycles. The van der Waals surface area contributed by atoms with Gasteiger partial charge in [0.25, 0.3) is 0 Å². The van der Waals surface area contributed by atoms with E-state index < -0.39 is 5.41 Å². The van der Waals surface area contributed by atoms with Gasteiger partial charge in [0.2, 0.25) is 5.91 Å². The molecular formula is C14H24N2OS. The molecule has 102 valence electrons. The summed E-state index contributed by atoms with van der Waals surface area (Å²) in [5, 5.41) is 3.10. The third-order valence-corrected chi connectivity index (χ3v) is 5.18. The maximum Gasteiger partial charge on any atom is 0.233 e. The number of thiocarbonyl (C=S) groups is 1. The van der Waals surface area contributed by atoms with Gasteiger partial charge in [-0.25, -0.2) is 0 Å². The van der Waals surface area contributed by atoms with Crippen molar-refractivity contribution in [3.8, 4) is 0 Å². The summed E-state index contributed by atoms with van der Waals surface area (Å²) in [7, 11) is 0. The van der Waals surface area contributed by atoms with Gasteiger partial charge in [-0.3, -0.25) is 4.79 Å². The number of amides is 1. The van der Waals surface area contributed by atoms with Crippen LogP contribution >= 0.6 is 12.2 Å². The highest BCUT2D eigenvalue weighted by molar-refractivity contribution is 7.80. The molecule has 18 heavy (non-hydrogen) atoms. The molecule has 1 amide bonds. The van der Waals surface area contributed by atoms with Crippen molar-refractivity contribution in [1.29, 1.82) is 0 Å². The molecule has 0 saturated heterocycles. The van der Waals surface area contributed by atoms with Crippen molar-refractivity contribution in [1.82, 2.24) is 5.32 Å². The van der Waals surface area contributed by atoms with Gasteiger partial charge in [0.15, 0.2) is 0 Å². The van der Waals surface area contributed by atoms with E-state index in [2.05, 4.69) is 19.2 Å². The molecule has 0 radical (unpaired) electrons. The molecule has 0 aromatic heterocycles. The Morgan fingerprint density at radius 1 is 1.39 bits per heavy atom. The fourth-order valence-electron chi connectivity index (χ4n) is 3.50. The van der Waals surface area contributed by atoms with E-state index in [0.29, 0.717) is 10.9 Å². The van der Waals surface area contributed by atoms with Crippen molar-refractivity contribution in [3.63, 3.8) is 0 Å². The van der Waals surface area contributed by atoms with E-state index in [1.807, 2.05) is 0 Å². The highest BCUT2D eigenvalue weighted by atomic mass is 32.1. The van der Waals surface area contributed by atoms with Crippen LogP contribution in [-0.2, 0) is 4.79 Å². The van der Waals surface area contributed by atoms with Gasteiger partial charge in [-0.2, -0.15) is 0 Å². The van der Waals surface area contributed by atoms with Gasteiger partial charge in [-0.1, -0.05) is 38.9 Å². The highest BCUT2D eigenvalue weighted by Crippen LogP contribution is 2.46. The number of hydrogen-bond donors (Lipinski definition) is 2. The largest absolute Gasteiger partial charge is 0.392 e. The Morgan fingerprint density at radius 2 is 1.94 bits per heavy atom. The SMILES string of the molecule is CC1CC(C(=O)NCC2(C)CCCC2)(C(N)=S)C1. The average Bonchev–Trinajstić information content (AvgIpc) is 2.68. The normalized spacial score (nSPS) is 33.8. The molecule has 2 saturated carbocycles. The maximum absolute atomic E-state index is 12.4. The summed E-state index contributed by atoms with van der Waals surface area (Å²) < 4.78 is 0. The van der Waals surface area contributed by atoms with Gasteiger partial charge < -0.3 is 11.1 Å². The lowest BCUT2D eigenvalue weighted by Crippen LogP contribution is -2.56. The van der Waals surface area contributed by atoms with Gasteiger partial charge in [-0.05, 0) is 37.0 Å². The van der Waals surface area contributed by atoms with E-state index in [1.54, 1.807) is 0 Å². The van der Waals surface area contributed by atoms with Gasteiger partial charge in [0, 0.05) is 6.54 Å². The molecule has 0 aromatic carbocycles. The second kappa shape index (κ2) is 4.80. The van der Waals surface area contributed by atoms with Crippen LogP contribution < -0.4 is 11.1 Å². The molecule has 0 heterocycles. The fraction of sp³-hybridized carbons (Fsp3) is 0.857. The summed E-state index contributed by atoms with van der Waals surface area (Å²) in [4.78, 5) is 12.7. The van der Waals surface area contributed by atoms with Crippen LogP contribution in [0, 0.1) is 16.7 Å². The first-order valence-corrected chi connectivity index (χ1v) is 7.37. The van der Waals surface area contributed by atoms with E-state index in [-0.39, 0.29) is 11.3 Å². The van der Waals surface area contributed by atoms with Gasteiger partial charge in [0.1, 0.15) is 0 Å². The third kappa shape index (κ3) is 2.40. The summed E-state index contributed by atoms with van der Waals surface area (Å²) >= 11 is 5.10. The lowest BCUT2D eigenvalue weighted by Gasteiger charge is -2.44. The zero-order chi connectivity index (χ0) is 13.4. The summed E-state index contributed by atoms with van der Waals surface area (Å²) in [5.74, 6) is 0.612. The lowest BCUT2D eigenvalue weighted by molar-refractivity contribution is -0.133. The third-order valence-electron chi connectivity index (χ3n) is 4.79. The first kappa shape index (κ1) is 13.8. The highest BCUT2D eigenvalue weighted by Gasteiger charge is 2.51. The summed E-state index contributed by atoms with van der Waals surface area (Å²) in [6, 6.07) is 0. The van der Waals surface area contributed by atoms with E-state index in [4.69, 9.17) is 18.0 Å². The molecule has 0 bridgehead atoms. The molecule has 0 atom stereocenters. The van der Waals surface area contributed by atoms with Crippen molar-refractivity contribution < 1.29 is 4.79 Å². The van der Waals surface area contributed by atoms with Gasteiger partial charge >= 0.3 is 0 Å². The molecule has 2 aliphatic rings. The topological polar surface area (TPSA) is 55.1 Å². The lowest BCUT2D eigenvalue weighted by atomic mass is 9.62. The van der Waals surface area contributed by atoms with E-state index in [0.717, 1.165) is 19.4 Å². The molecule has 0 aromatic rings. The molecule has 4 heteroatoms.